The van der Waals surface area contributed by atoms with Gasteiger partial charge in [0, 0.05) is 40.6 Å². The quantitative estimate of drug-likeness (QED) is 0.246. The predicted octanol–water partition coefficient (Wildman–Crippen LogP) is 7.09. The molecule has 2 amide bonds. The molecular weight excluding hydrogens is 471 g/mol. The lowest BCUT2D eigenvalue weighted by molar-refractivity contribution is 0.262. The van der Waals surface area contributed by atoms with Crippen molar-refractivity contribution in [2.75, 3.05) is 16.0 Å². The minimum Gasteiger partial charge on any atom is -0.336 e. The topological polar surface area (TPSA) is 83.4 Å². The van der Waals surface area contributed by atoms with E-state index < -0.39 is 0 Å². The molecule has 3 N–H and O–H groups in total. The van der Waals surface area contributed by atoms with Crippen molar-refractivity contribution in [1.82, 2.24) is 14.4 Å². The molecule has 5 rings (SSSR count). The molecule has 0 saturated carbocycles. The first kappa shape index (κ1) is 21.8. The van der Waals surface area contributed by atoms with Gasteiger partial charge in [-0.25, -0.2) is 14.8 Å². The Kier molecular flexibility index (Phi) is 6.03. The monoisotopic (exact) mass is 488 g/mol. The number of amides is 2. The Morgan fingerprint density at radius 2 is 1.68 bits per heavy atom. The van der Waals surface area contributed by atoms with E-state index in [1.807, 2.05) is 59.3 Å². The largest absolute Gasteiger partial charge is 0.336 e. The first-order chi connectivity index (χ1) is 16.5. The summed E-state index contributed by atoms with van der Waals surface area (Å²) in [6.45, 7) is 0. The first-order valence-corrected chi connectivity index (χ1v) is 11.1. The third-order valence-electron chi connectivity index (χ3n) is 5.02. The van der Waals surface area contributed by atoms with E-state index in [9.17, 15) is 4.79 Å². The number of benzene rings is 3. The molecule has 0 aliphatic carbocycles. The standard InChI is InChI=1S/C25H18Cl2N6O/c26-17-8-10-18(11-9-17)29-25(34)30-19-5-3-4-16(14-19)22-15-33-13-12-28-24(33)23(32-22)31-21-7-2-1-6-20(21)27/h1-15H,(H,31,32)(H2,29,30,34). The van der Waals surface area contributed by atoms with Gasteiger partial charge in [-0.15, -0.1) is 0 Å². The van der Waals surface area contributed by atoms with Gasteiger partial charge >= 0.3 is 6.03 Å². The van der Waals surface area contributed by atoms with Crippen LogP contribution in [0.1, 0.15) is 0 Å². The molecule has 0 fully saturated rings. The van der Waals surface area contributed by atoms with Gasteiger partial charge < -0.3 is 20.4 Å². The van der Waals surface area contributed by atoms with Crippen LogP contribution in [0.5, 0.6) is 0 Å². The highest BCUT2D eigenvalue weighted by molar-refractivity contribution is 6.33. The molecule has 0 atom stereocenters. The SMILES string of the molecule is O=C(Nc1ccc(Cl)cc1)Nc1cccc(-c2cn3ccnc3c(Nc3ccccc3Cl)n2)c1. The van der Waals surface area contributed by atoms with Crippen LogP contribution < -0.4 is 16.0 Å². The van der Waals surface area contributed by atoms with Crippen molar-refractivity contribution in [3.8, 4) is 11.3 Å². The van der Waals surface area contributed by atoms with Crippen LogP contribution in [-0.2, 0) is 0 Å². The average Bonchev–Trinajstić information content (AvgIpc) is 3.31. The molecule has 2 heterocycles. The maximum atomic E-state index is 12.4. The normalized spacial score (nSPS) is 10.8. The fourth-order valence-electron chi connectivity index (χ4n) is 3.43. The van der Waals surface area contributed by atoms with E-state index in [0.29, 0.717) is 38.6 Å². The third kappa shape index (κ3) is 4.80. The lowest BCUT2D eigenvalue weighted by Crippen LogP contribution is -2.19. The number of para-hydroxylation sites is 1. The number of fused-ring (bicyclic) bond motifs is 1. The van der Waals surface area contributed by atoms with E-state index in [-0.39, 0.29) is 6.03 Å². The number of hydrogen-bond acceptors (Lipinski definition) is 4. The Hall–Kier alpha value is -4.07. The van der Waals surface area contributed by atoms with Crippen molar-refractivity contribution >= 4 is 57.8 Å². The van der Waals surface area contributed by atoms with Crippen LogP contribution in [0.2, 0.25) is 10.0 Å². The van der Waals surface area contributed by atoms with E-state index >= 15 is 0 Å². The third-order valence-corrected chi connectivity index (χ3v) is 5.60. The Morgan fingerprint density at radius 1 is 0.882 bits per heavy atom. The second-order valence-corrected chi connectivity index (χ2v) is 8.25. The molecule has 34 heavy (non-hydrogen) atoms. The lowest BCUT2D eigenvalue weighted by Gasteiger charge is -2.12. The summed E-state index contributed by atoms with van der Waals surface area (Å²) in [5, 5.41) is 10.1. The zero-order valence-corrected chi connectivity index (χ0v) is 19.2. The predicted molar refractivity (Wildman–Crippen MR) is 137 cm³/mol. The number of carbonyl (C=O) groups is 1. The molecule has 3 aromatic carbocycles. The highest BCUT2D eigenvalue weighted by Crippen LogP contribution is 2.29. The summed E-state index contributed by atoms with van der Waals surface area (Å²) in [5.74, 6) is 0.564. The van der Waals surface area contributed by atoms with Crippen molar-refractivity contribution in [2.45, 2.75) is 0 Å². The summed E-state index contributed by atoms with van der Waals surface area (Å²) in [4.78, 5) is 21.6. The number of anilines is 4. The smallest absolute Gasteiger partial charge is 0.323 e. The highest BCUT2D eigenvalue weighted by atomic mass is 35.5. The van der Waals surface area contributed by atoms with E-state index in [4.69, 9.17) is 28.2 Å². The van der Waals surface area contributed by atoms with Gasteiger partial charge in [-0.3, -0.25) is 0 Å². The molecule has 168 valence electrons. The molecule has 0 bridgehead atoms. The molecule has 5 aromatic rings. The summed E-state index contributed by atoms with van der Waals surface area (Å²) in [6, 6.07) is 21.4. The summed E-state index contributed by atoms with van der Waals surface area (Å²) in [6.07, 6.45) is 5.44. The zero-order chi connectivity index (χ0) is 23.5. The number of nitrogens with zero attached hydrogens (tertiary/aromatic N) is 3. The van der Waals surface area contributed by atoms with Crippen LogP contribution in [0.3, 0.4) is 0 Å². The van der Waals surface area contributed by atoms with Gasteiger partial charge in [-0.05, 0) is 48.5 Å². The Labute approximate surface area is 205 Å². The van der Waals surface area contributed by atoms with Gasteiger partial charge in [0.05, 0.1) is 16.4 Å². The molecular formula is C25H18Cl2N6O. The minimum absolute atomic E-state index is 0.362. The number of nitrogens with one attached hydrogen (secondary N) is 3. The van der Waals surface area contributed by atoms with E-state index in [1.165, 1.54) is 0 Å². The molecule has 0 spiro atoms. The summed E-state index contributed by atoms with van der Waals surface area (Å²) < 4.78 is 1.88. The van der Waals surface area contributed by atoms with Crippen molar-refractivity contribution in [2.24, 2.45) is 0 Å². The Bertz CT molecular complexity index is 1480. The number of rotatable bonds is 5. The second-order valence-electron chi connectivity index (χ2n) is 7.40. The van der Waals surface area contributed by atoms with Crippen LogP contribution in [0, 0.1) is 0 Å². The van der Waals surface area contributed by atoms with Gasteiger partial charge in [-0.1, -0.05) is 47.5 Å². The van der Waals surface area contributed by atoms with Crippen LogP contribution in [-0.4, -0.2) is 20.4 Å². The lowest BCUT2D eigenvalue weighted by atomic mass is 10.1. The molecule has 0 unspecified atom stereocenters. The molecule has 2 aromatic heterocycles. The van der Waals surface area contributed by atoms with Crippen LogP contribution in [0.25, 0.3) is 16.9 Å². The Balaban J connectivity index is 1.41. The molecule has 7 nitrogen and oxygen atoms in total. The van der Waals surface area contributed by atoms with E-state index in [2.05, 4.69) is 20.9 Å². The first-order valence-electron chi connectivity index (χ1n) is 10.3. The van der Waals surface area contributed by atoms with Crippen LogP contribution in [0.4, 0.5) is 27.7 Å². The summed E-state index contributed by atoms with van der Waals surface area (Å²) in [7, 11) is 0. The zero-order valence-electron chi connectivity index (χ0n) is 17.7. The van der Waals surface area contributed by atoms with Crippen LogP contribution in [0.15, 0.2) is 91.4 Å². The van der Waals surface area contributed by atoms with Crippen molar-refractivity contribution in [3.63, 3.8) is 0 Å². The van der Waals surface area contributed by atoms with Crippen molar-refractivity contribution in [3.05, 3.63) is 101 Å². The highest BCUT2D eigenvalue weighted by Gasteiger charge is 2.12. The maximum absolute atomic E-state index is 12.4. The minimum atomic E-state index is -0.362. The molecule has 0 aliphatic rings. The van der Waals surface area contributed by atoms with Crippen LogP contribution >= 0.6 is 23.2 Å². The molecule has 9 heteroatoms. The number of hydrogen-bond donors (Lipinski definition) is 3. The fraction of sp³-hybridized carbons (Fsp3) is 0. The number of imidazole rings is 1. The summed E-state index contributed by atoms with van der Waals surface area (Å²) in [5.41, 5.74) is 4.18. The molecule has 0 radical (unpaired) electrons. The van der Waals surface area contributed by atoms with Gasteiger partial charge in [-0.2, -0.15) is 0 Å². The number of aromatic nitrogens is 3. The maximum Gasteiger partial charge on any atom is 0.323 e. The Morgan fingerprint density at radius 3 is 2.50 bits per heavy atom. The van der Waals surface area contributed by atoms with Gasteiger partial charge in [0.1, 0.15) is 0 Å². The van der Waals surface area contributed by atoms with Crippen molar-refractivity contribution < 1.29 is 4.79 Å². The van der Waals surface area contributed by atoms with Gasteiger partial charge in [0.15, 0.2) is 11.5 Å². The number of urea groups is 1. The number of halogens is 2. The molecule has 0 aliphatic heterocycles. The fourth-order valence-corrected chi connectivity index (χ4v) is 3.74. The number of carbonyl (C=O) groups excluding carboxylic acids is 1. The van der Waals surface area contributed by atoms with Gasteiger partial charge in [0.25, 0.3) is 0 Å². The summed E-state index contributed by atoms with van der Waals surface area (Å²) >= 11 is 12.2. The molecule has 0 saturated heterocycles. The second kappa shape index (κ2) is 9.43. The van der Waals surface area contributed by atoms with Gasteiger partial charge in [0.2, 0.25) is 0 Å². The van der Waals surface area contributed by atoms with E-state index in [1.54, 1.807) is 36.5 Å². The van der Waals surface area contributed by atoms with E-state index in [0.717, 1.165) is 11.3 Å². The average molecular weight is 489 g/mol. The van der Waals surface area contributed by atoms with Crippen molar-refractivity contribution in [1.29, 1.82) is 0 Å².